The summed E-state index contributed by atoms with van der Waals surface area (Å²) in [5, 5.41) is 8.62. The molecule has 1 aliphatic rings. The van der Waals surface area contributed by atoms with Gasteiger partial charge in [-0.2, -0.15) is 0 Å². The summed E-state index contributed by atoms with van der Waals surface area (Å²) in [6.07, 6.45) is 3.49. The zero-order valence-electron chi connectivity index (χ0n) is 12.0. The van der Waals surface area contributed by atoms with Crippen LogP contribution >= 0.6 is 12.4 Å². The van der Waals surface area contributed by atoms with E-state index in [1.165, 1.54) is 12.8 Å². The van der Waals surface area contributed by atoms with E-state index in [1.807, 2.05) is 42.5 Å². The Balaban J connectivity index is 0.00000161. The van der Waals surface area contributed by atoms with Crippen LogP contribution in [-0.2, 0) is 0 Å². The number of rotatable bonds is 4. The lowest BCUT2D eigenvalue weighted by Crippen LogP contribution is -2.30. The number of nitrogens with one attached hydrogen (secondary N) is 2. The van der Waals surface area contributed by atoms with E-state index >= 15 is 0 Å². The van der Waals surface area contributed by atoms with Crippen molar-refractivity contribution in [2.75, 3.05) is 13.1 Å². The third kappa shape index (κ3) is 3.74. The van der Waals surface area contributed by atoms with E-state index in [0.717, 1.165) is 35.8 Å². The van der Waals surface area contributed by atoms with Gasteiger partial charge >= 0.3 is 0 Å². The summed E-state index contributed by atoms with van der Waals surface area (Å²) in [4.78, 5) is 12.3. The van der Waals surface area contributed by atoms with E-state index < -0.39 is 0 Å². The third-order valence-corrected chi connectivity index (χ3v) is 3.97. The Hall–Kier alpha value is -1.58. The molecule has 4 heteroatoms. The minimum absolute atomic E-state index is 0. The smallest absolute Gasteiger partial charge is 0.251 e. The maximum absolute atomic E-state index is 12.3. The number of amides is 1. The fraction of sp³-hybridized carbons (Fsp3) is 0.353. The summed E-state index contributed by atoms with van der Waals surface area (Å²) >= 11 is 0. The molecule has 112 valence electrons. The second kappa shape index (κ2) is 7.43. The highest BCUT2D eigenvalue weighted by molar-refractivity contribution is 6.06. The van der Waals surface area contributed by atoms with Crippen LogP contribution in [0.15, 0.2) is 42.5 Å². The van der Waals surface area contributed by atoms with E-state index in [4.69, 9.17) is 0 Å². The summed E-state index contributed by atoms with van der Waals surface area (Å²) in [6.45, 7) is 1.85. The van der Waals surface area contributed by atoms with Crippen LogP contribution in [0.4, 0.5) is 0 Å². The zero-order chi connectivity index (χ0) is 13.8. The molecule has 1 aliphatic heterocycles. The van der Waals surface area contributed by atoms with Gasteiger partial charge in [0.05, 0.1) is 0 Å². The highest BCUT2D eigenvalue weighted by Crippen LogP contribution is 2.18. The lowest BCUT2D eigenvalue weighted by molar-refractivity contribution is 0.0954. The molecule has 0 aliphatic carbocycles. The number of hydrogen-bond donors (Lipinski definition) is 2. The first-order valence-corrected chi connectivity index (χ1v) is 7.34. The molecule has 0 spiro atoms. The number of carbonyl (C=O) groups excluding carboxylic acids is 1. The van der Waals surface area contributed by atoms with E-state index in [-0.39, 0.29) is 18.3 Å². The third-order valence-electron chi connectivity index (χ3n) is 3.97. The fourth-order valence-corrected chi connectivity index (χ4v) is 2.88. The Morgan fingerprint density at radius 1 is 1.19 bits per heavy atom. The van der Waals surface area contributed by atoms with Crippen molar-refractivity contribution in [3.8, 4) is 0 Å². The lowest BCUT2D eigenvalue weighted by atomic mass is 10.0. The first kappa shape index (κ1) is 15.8. The number of hydrogen-bond acceptors (Lipinski definition) is 2. The Morgan fingerprint density at radius 3 is 2.81 bits per heavy atom. The topological polar surface area (TPSA) is 41.1 Å². The van der Waals surface area contributed by atoms with Crippen LogP contribution in [-0.4, -0.2) is 25.0 Å². The molecular weight excluding hydrogens is 284 g/mol. The number of halogens is 1. The van der Waals surface area contributed by atoms with Crippen LogP contribution in [0, 0.1) is 0 Å². The number of carbonyl (C=O) groups is 1. The highest BCUT2D eigenvalue weighted by atomic mass is 35.5. The molecule has 1 atom stereocenters. The highest BCUT2D eigenvalue weighted by Gasteiger charge is 2.14. The average molecular weight is 305 g/mol. The molecule has 0 aromatic heterocycles. The van der Waals surface area contributed by atoms with Gasteiger partial charge in [-0.3, -0.25) is 4.79 Å². The number of benzene rings is 2. The molecule has 1 fully saturated rings. The summed E-state index contributed by atoms with van der Waals surface area (Å²) < 4.78 is 0. The summed E-state index contributed by atoms with van der Waals surface area (Å²) in [5.74, 6) is 0.0276. The summed E-state index contributed by atoms with van der Waals surface area (Å²) in [5.41, 5.74) is 0.766. The van der Waals surface area contributed by atoms with Crippen molar-refractivity contribution in [2.45, 2.75) is 25.3 Å². The molecule has 2 N–H and O–H groups in total. The molecule has 1 saturated heterocycles. The molecule has 21 heavy (non-hydrogen) atoms. The minimum atomic E-state index is 0. The van der Waals surface area contributed by atoms with Crippen LogP contribution in [0.25, 0.3) is 10.8 Å². The largest absolute Gasteiger partial charge is 0.352 e. The molecule has 3 rings (SSSR count). The van der Waals surface area contributed by atoms with Crippen LogP contribution < -0.4 is 10.6 Å². The van der Waals surface area contributed by atoms with Crippen LogP contribution in [0.5, 0.6) is 0 Å². The quantitative estimate of drug-likeness (QED) is 0.911. The van der Waals surface area contributed by atoms with Crippen LogP contribution in [0.1, 0.15) is 29.6 Å². The Labute approximate surface area is 131 Å². The van der Waals surface area contributed by atoms with Gasteiger partial charge in [0, 0.05) is 18.2 Å². The standard InChI is InChI=1S/C17H20N2O.ClH/c20-17(19-12-10-14-7-4-11-18-14)16-9-3-6-13-5-1-2-8-15(13)16;/h1-3,5-6,8-9,14,18H,4,7,10-12H2,(H,19,20);1H/t14-;/m1./s1. The van der Waals surface area contributed by atoms with Crippen LogP contribution in [0.2, 0.25) is 0 Å². The molecule has 0 radical (unpaired) electrons. The van der Waals surface area contributed by atoms with E-state index in [0.29, 0.717) is 6.04 Å². The molecule has 2 aromatic carbocycles. The predicted octanol–water partition coefficient (Wildman–Crippen LogP) is 3.13. The van der Waals surface area contributed by atoms with Crippen molar-refractivity contribution < 1.29 is 4.79 Å². The first-order valence-electron chi connectivity index (χ1n) is 7.34. The zero-order valence-corrected chi connectivity index (χ0v) is 12.8. The van der Waals surface area contributed by atoms with Crippen molar-refractivity contribution in [3.63, 3.8) is 0 Å². The van der Waals surface area contributed by atoms with Crippen molar-refractivity contribution in [1.82, 2.24) is 10.6 Å². The normalized spacial score (nSPS) is 17.4. The predicted molar refractivity (Wildman–Crippen MR) is 89.2 cm³/mol. The van der Waals surface area contributed by atoms with Gasteiger partial charge in [0.15, 0.2) is 0 Å². The second-order valence-electron chi connectivity index (χ2n) is 5.36. The molecular formula is C17H21ClN2O. The van der Waals surface area contributed by atoms with Gasteiger partial charge in [-0.05, 0) is 42.6 Å². The van der Waals surface area contributed by atoms with Gasteiger partial charge in [-0.25, -0.2) is 0 Å². The summed E-state index contributed by atoms with van der Waals surface area (Å²) in [6, 6.07) is 14.5. The molecule has 0 bridgehead atoms. The van der Waals surface area contributed by atoms with Crippen molar-refractivity contribution >= 4 is 29.1 Å². The Kier molecular flexibility index (Phi) is 5.59. The van der Waals surface area contributed by atoms with Crippen molar-refractivity contribution in [2.24, 2.45) is 0 Å². The first-order chi connectivity index (χ1) is 9.84. The Morgan fingerprint density at radius 2 is 2.00 bits per heavy atom. The monoisotopic (exact) mass is 304 g/mol. The summed E-state index contributed by atoms with van der Waals surface area (Å²) in [7, 11) is 0. The van der Waals surface area contributed by atoms with Gasteiger partial charge in [-0.1, -0.05) is 36.4 Å². The minimum Gasteiger partial charge on any atom is -0.352 e. The fourth-order valence-electron chi connectivity index (χ4n) is 2.88. The van der Waals surface area contributed by atoms with Crippen molar-refractivity contribution in [1.29, 1.82) is 0 Å². The molecule has 3 nitrogen and oxygen atoms in total. The molecule has 2 aromatic rings. The maximum atomic E-state index is 12.3. The van der Waals surface area contributed by atoms with Gasteiger partial charge in [-0.15, -0.1) is 12.4 Å². The van der Waals surface area contributed by atoms with E-state index in [2.05, 4.69) is 10.6 Å². The van der Waals surface area contributed by atoms with Crippen LogP contribution in [0.3, 0.4) is 0 Å². The van der Waals surface area contributed by atoms with Gasteiger partial charge in [0.2, 0.25) is 0 Å². The average Bonchev–Trinajstić information content (AvgIpc) is 3.00. The lowest BCUT2D eigenvalue weighted by Gasteiger charge is -2.11. The number of fused-ring (bicyclic) bond motifs is 1. The maximum Gasteiger partial charge on any atom is 0.251 e. The van der Waals surface area contributed by atoms with E-state index in [9.17, 15) is 4.79 Å². The molecule has 0 unspecified atom stereocenters. The second-order valence-corrected chi connectivity index (χ2v) is 5.36. The van der Waals surface area contributed by atoms with Crippen molar-refractivity contribution in [3.05, 3.63) is 48.0 Å². The SMILES string of the molecule is Cl.O=C(NCC[C@H]1CCCN1)c1cccc2ccccc12. The van der Waals surface area contributed by atoms with Gasteiger partial charge in [0.25, 0.3) is 5.91 Å². The van der Waals surface area contributed by atoms with Gasteiger partial charge in [0.1, 0.15) is 0 Å². The van der Waals surface area contributed by atoms with E-state index in [1.54, 1.807) is 0 Å². The molecule has 1 heterocycles. The molecule has 1 amide bonds. The van der Waals surface area contributed by atoms with Gasteiger partial charge < -0.3 is 10.6 Å². The molecule has 0 saturated carbocycles. The Bertz CT molecular complexity index is 603.